The fourth-order valence-electron chi connectivity index (χ4n) is 2.67. The molecule has 2 aromatic carbocycles. The number of rotatable bonds is 3. The molecule has 1 aliphatic heterocycles. The second kappa shape index (κ2) is 7.69. The number of hydrogen-bond donors (Lipinski definition) is 2. The summed E-state index contributed by atoms with van der Waals surface area (Å²) in [5.41, 5.74) is 5.09. The quantitative estimate of drug-likeness (QED) is 0.665. The third-order valence-corrected chi connectivity index (χ3v) is 5.19. The van der Waals surface area contributed by atoms with Crippen LogP contribution in [0.4, 0.5) is 4.39 Å². The number of carbonyl (C=O) groups is 2. The zero-order valence-corrected chi connectivity index (χ0v) is 15.3. The average Bonchev–Trinajstić information content (AvgIpc) is 3.22. The average molecular weight is 398 g/mol. The van der Waals surface area contributed by atoms with E-state index in [-0.39, 0.29) is 12.4 Å². The summed E-state index contributed by atoms with van der Waals surface area (Å²) in [6.45, 7) is 0.0369. The van der Waals surface area contributed by atoms with Crippen molar-refractivity contribution in [2.45, 2.75) is 6.10 Å². The maximum absolute atomic E-state index is 13.9. The Labute approximate surface area is 163 Å². The minimum atomic E-state index is -0.882. The summed E-state index contributed by atoms with van der Waals surface area (Å²) in [6, 6.07) is 16.6. The molecule has 0 saturated carbocycles. The van der Waals surface area contributed by atoms with E-state index in [1.165, 1.54) is 6.07 Å². The van der Waals surface area contributed by atoms with E-state index in [9.17, 15) is 14.0 Å². The van der Waals surface area contributed by atoms with E-state index in [4.69, 9.17) is 9.47 Å². The van der Waals surface area contributed by atoms with Crippen molar-refractivity contribution in [2.75, 3.05) is 6.61 Å². The van der Waals surface area contributed by atoms with Crippen LogP contribution in [0.5, 0.6) is 11.5 Å². The second-order valence-corrected chi connectivity index (χ2v) is 7.04. The van der Waals surface area contributed by atoms with Gasteiger partial charge in [0.25, 0.3) is 11.8 Å². The summed E-state index contributed by atoms with van der Waals surface area (Å²) in [6.07, 6.45) is -0.882. The number of halogens is 1. The lowest BCUT2D eigenvalue weighted by molar-refractivity contribution is -0.131. The Morgan fingerprint density at radius 2 is 1.71 bits per heavy atom. The normalized spacial score (nSPS) is 15.0. The molecule has 1 unspecified atom stereocenters. The lowest BCUT2D eigenvalue weighted by Gasteiger charge is -2.25. The van der Waals surface area contributed by atoms with Gasteiger partial charge in [-0.25, -0.2) is 4.39 Å². The topological polar surface area (TPSA) is 76.7 Å². The van der Waals surface area contributed by atoms with Crippen molar-refractivity contribution in [3.63, 3.8) is 0 Å². The molecule has 1 aromatic heterocycles. The van der Waals surface area contributed by atoms with Gasteiger partial charge in [0.05, 0.1) is 4.88 Å². The van der Waals surface area contributed by atoms with Crippen LogP contribution in [0.2, 0.25) is 0 Å². The SMILES string of the molecule is O=C(NNC(=O)C1COc2ccccc2O1)c1ccc(-c2ccccc2F)s1. The van der Waals surface area contributed by atoms with Crippen molar-refractivity contribution in [3.8, 4) is 21.9 Å². The highest BCUT2D eigenvalue weighted by Gasteiger charge is 2.27. The number of hydrogen-bond acceptors (Lipinski definition) is 5. The molecule has 0 radical (unpaired) electrons. The van der Waals surface area contributed by atoms with Crippen LogP contribution >= 0.6 is 11.3 Å². The molecule has 0 spiro atoms. The molecule has 2 heterocycles. The third-order valence-electron chi connectivity index (χ3n) is 4.07. The highest BCUT2D eigenvalue weighted by atomic mass is 32.1. The predicted molar refractivity (Wildman–Crippen MR) is 102 cm³/mol. The molecular formula is C20H15FN2O4S. The van der Waals surface area contributed by atoms with Crippen molar-refractivity contribution in [1.29, 1.82) is 0 Å². The van der Waals surface area contributed by atoms with Gasteiger partial charge in [-0.15, -0.1) is 11.3 Å². The highest BCUT2D eigenvalue weighted by molar-refractivity contribution is 7.17. The maximum Gasteiger partial charge on any atom is 0.283 e. The third kappa shape index (κ3) is 3.67. The van der Waals surface area contributed by atoms with Crippen LogP contribution in [-0.2, 0) is 4.79 Å². The summed E-state index contributed by atoms with van der Waals surface area (Å²) in [4.78, 5) is 25.5. The van der Waals surface area contributed by atoms with E-state index in [0.29, 0.717) is 26.8 Å². The van der Waals surface area contributed by atoms with Gasteiger partial charge in [0.2, 0.25) is 6.10 Å². The van der Waals surface area contributed by atoms with Crippen LogP contribution < -0.4 is 20.3 Å². The molecular weight excluding hydrogens is 383 g/mol. The monoisotopic (exact) mass is 398 g/mol. The van der Waals surface area contributed by atoms with Gasteiger partial charge < -0.3 is 9.47 Å². The summed E-state index contributed by atoms with van der Waals surface area (Å²) in [5.74, 6) is -0.367. The van der Waals surface area contributed by atoms with Gasteiger partial charge >= 0.3 is 0 Å². The number of amides is 2. The number of ether oxygens (including phenoxy) is 2. The molecule has 0 aliphatic carbocycles. The molecule has 0 saturated heterocycles. The molecule has 28 heavy (non-hydrogen) atoms. The number of carbonyl (C=O) groups excluding carboxylic acids is 2. The van der Waals surface area contributed by atoms with E-state index in [1.54, 1.807) is 54.6 Å². The highest BCUT2D eigenvalue weighted by Crippen LogP contribution is 2.31. The van der Waals surface area contributed by atoms with Crippen molar-refractivity contribution < 1.29 is 23.5 Å². The van der Waals surface area contributed by atoms with Gasteiger partial charge in [-0.2, -0.15) is 0 Å². The van der Waals surface area contributed by atoms with E-state index in [1.807, 2.05) is 0 Å². The molecule has 3 aromatic rings. The van der Waals surface area contributed by atoms with Gasteiger partial charge in [-0.3, -0.25) is 20.4 Å². The fourth-order valence-corrected chi connectivity index (χ4v) is 3.60. The first-order valence-corrected chi connectivity index (χ1v) is 9.27. The minimum Gasteiger partial charge on any atom is -0.485 e. The molecule has 6 nitrogen and oxygen atoms in total. The van der Waals surface area contributed by atoms with Crippen LogP contribution in [0.1, 0.15) is 9.67 Å². The van der Waals surface area contributed by atoms with Crippen molar-refractivity contribution in [1.82, 2.24) is 10.9 Å². The van der Waals surface area contributed by atoms with Gasteiger partial charge in [0.1, 0.15) is 12.4 Å². The second-order valence-electron chi connectivity index (χ2n) is 5.95. The molecule has 2 N–H and O–H groups in total. The number of nitrogens with one attached hydrogen (secondary N) is 2. The van der Waals surface area contributed by atoms with E-state index >= 15 is 0 Å². The molecule has 4 rings (SSSR count). The molecule has 0 fully saturated rings. The van der Waals surface area contributed by atoms with E-state index in [2.05, 4.69) is 10.9 Å². The molecule has 8 heteroatoms. The summed E-state index contributed by atoms with van der Waals surface area (Å²) in [7, 11) is 0. The van der Waals surface area contributed by atoms with E-state index in [0.717, 1.165) is 11.3 Å². The number of para-hydroxylation sites is 2. The van der Waals surface area contributed by atoms with Crippen molar-refractivity contribution in [3.05, 3.63) is 71.4 Å². The summed E-state index contributed by atoms with van der Waals surface area (Å²) >= 11 is 1.13. The van der Waals surface area contributed by atoms with Crippen LogP contribution in [0, 0.1) is 5.82 Å². The Kier molecular flexibility index (Phi) is 4.94. The van der Waals surface area contributed by atoms with Gasteiger partial charge in [0, 0.05) is 10.4 Å². The van der Waals surface area contributed by atoms with Crippen LogP contribution in [0.25, 0.3) is 10.4 Å². The van der Waals surface area contributed by atoms with Crippen LogP contribution in [0.15, 0.2) is 60.7 Å². The number of thiophene rings is 1. The Bertz CT molecular complexity index is 1040. The van der Waals surface area contributed by atoms with Crippen molar-refractivity contribution in [2.24, 2.45) is 0 Å². The number of benzene rings is 2. The van der Waals surface area contributed by atoms with Gasteiger partial charge in [0.15, 0.2) is 11.5 Å². The molecule has 142 valence electrons. The first kappa shape index (κ1) is 18.0. The largest absolute Gasteiger partial charge is 0.485 e. The standard InChI is InChI=1S/C20H15FN2O4S/c21-13-6-2-1-5-12(13)17-9-10-18(28-17)20(25)23-22-19(24)16-11-26-14-7-3-4-8-15(14)27-16/h1-10,16H,11H2,(H,22,24)(H,23,25). The Morgan fingerprint density at radius 1 is 0.964 bits per heavy atom. The van der Waals surface area contributed by atoms with Gasteiger partial charge in [-0.05, 0) is 30.3 Å². The predicted octanol–water partition coefficient (Wildman–Crippen LogP) is 3.16. The maximum atomic E-state index is 13.9. The minimum absolute atomic E-state index is 0.0369. The molecule has 0 bridgehead atoms. The first-order chi connectivity index (χ1) is 13.6. The zero-order valence-electron chi connectivity index (χ0n) is 14.5. The molecule has 1 aliphatic rings. The molecule has 2 amide bonds. The lowest BCUT2D eigenvalue weighted by atomic mass is 10.2. The van der Waals surface area contributed by atoms with Gasteiger partial charge in [-0.1, -0.05) is 30.3 Å². The van der Waals surface area contributed by atoms with E-state index < -0.39 is 17.9 Å². The number of hydrazine groups is 1. The van der Waals surface area contributed by atoms with Crippen LogP contribution in [0.3, 0.4) is 0 Å². The van der Waals surface area contributed by atoms with Crippen LogP contribution in [-0.4, -0.2) is 24.5 Å². The Morgan fingerprint density at radius 3 is 2.54 bits per heavy atom. The lowest BCUT2D eigenvalue weighted by Crippen LogP contribution is -2.50. The summed E-state index contributed by atoms with van der Waals surface area (Å²) < 4.78 is 24.9. The van der Waals surface area contributed by atoms with Crippen molar-refractivity contribution >= 4 is 23.2 Å². The number of fused-ring (bicyclic) bond motifs is 1. The zero-order chi connectivity index (χ0) is 19.5. The Hall–Kier alpha value is -3.39. The molecule has 1 atom stereocenters. The first-order valence-electron chi connectivity index (χ1n) is 8.45. The smallest absolute Gasteiger partial charge is 0.283 e. The Balaban J connectivity index is 1.36. The fraction of sp³-hybridized carbons (Fsp3) is 0.100. The summed E-state index contributed by atoms with van der Waals surface area (Å²) in [5, 5.41) is 0.